The molecule has 0 saturated carbocycles. The molecular weight excluding hydrogens is 294 g/mol. The number of ether oxygens (including phenoxy) is 2. The fourth-order valence-corrected chi connectivity index (χ4v) is 3.22. The molecule has 2 aromatic rings. The number of amides is 1. The van der Waals surface area contributed by atoms with Gasteiger partial charge in [-0.2, -0.15) is 0 Å². The molecule has 0 spiro atoms. The van der Waals surface area contributed by atoms with Crippen molar-refractivity contribution in [3.63, 3.8) is 0 Å². The lowest BCUT2D eigenvalue weighted by Gasteiger charge is -2.24. The van der Waals surface area contributed by atoms with E-state index in [0.29, 0.717) is 23.5 Å². The van der Waals surface area contributed by atoms with Crippen LogP contribution in [0, 0.1) is 0 Å². The molecule has 2 N–H and O–H groups in total. The Morgan fingerprint density at radius 2 is 2.00 bits per heavy atom. The number of nitrogens with one attached hydrogen (secondary N) is 1. The first-order chi connectivity index (χ1) is 11.2. The molecule has 2 aliphatic rings. The number of rotatable bonds is 3. The van der Waals surface area contributed by atoms with Crippen molar-refractivity contribution in [2.75, 3.05) is 13.3 Å². The maximum absolute atomic E-state index is 12.3. The molecule has 5 nitrogen and oxygen atoms in total. The Hall–Kier alpha value is -2.53. The van der Waals surface area contributed by atoms with Crippen molar-refractivity contribution in [3.8, 4) is 11.5 Å². The largest absolute Gasteiger partial charge is 0.454 e. The van der Waals surface area contributed by atoms with Gasteiger partial charge in [-0.15, -0.1) is 0 Å². The number of hydrogen-bond donors (Lipinski definition) is 2. The van der Waals surface area contributed by atoms with Crippen molar-refractivity contribution in [1.82, 2.24) is 5.32 Å². The van der Waals surface area contributed by atoms with Crippen LogP contribution in [-0.2, 0) is 12.0 Å². The number of aryl methyl sites for hydroxylation is 1. The first-order valence-electron chi connectivity index (χ1n) is 7.64. The highest BCUT2D eigenvalue weighted by atomic mass is 16.7. The van der Waals surface area contributed by atoms with E-state index in [1.165, 1.54) is 0 Å². The van der Waals surface area contributed by atoms with Crippen LogP contribution in [0.2, 0.25) is 0 Å². The second kappa shape index (κ2) is 5.28. The minimum absolute atomic E-state index is 0.178. The third-order valence-corrected chi connectivity index (χ3v) is 4.50. The summed E-state index contributed by atoms with van der Waals surface area (Å²) in [5.74, 6) is 0.980. The molecule has 1 amide bonds. The standard InChI is InChI=1S/C18H17NO4/c20-17(13-5-6-15-16(9-13)23-11-22-15)19-10-18(21)8-7-12-3-1-2-4-14(12)18/h1-6,9,21H,7-8,10-11H2,(H,19,20). The molecule has 0 aromatic heterocycles. The third kappa shape index (κ3) is 2.43. The molecule has 0 fully saturated rings. The van der Waals surface area contributed by atoms with Crippen LogP contribution in [0.1, 0.15) is 27.9 Å². The molecule has 23 heavy (non-hydrogen) atoms. The van der Waals surface area contributed by atoms with E-state index in [1.807, 2.05) is 24.3 Å². The van der Waals surface area contributed by atoms with Gasteiger partial charge in [-0.05, 0) is 42.2 Å². The van der Waals surface area contributed by atoms with Gasteiger partial charge in [-0.25, -0.2) is 0 Å². The number of hydrogen-bond acceptors (Lipinski definition) is 4. The highest BCUT2D eigenvalue weighted by Gasteiger charge is 2.36. The lowest BCUT2D eigenvalue weighted by atomic mass is 9.96. The average Bonchev–Trinajstić information content (AvgIpc) is 3.18. The Balaban J connectivity index is 1.48. The Bertz CT molecular complexity index is 773. The third-order valence-electron chi connectivity index (χ3n) is 4.50. The number of fused-ring (bicyclic) bond motifs is 2. The van der Waals surface area contributed by atoms with Crippen molar-refractivity contribution < 1.29 is 19.4 Å². The Morgan fingerprint density at radius 1 is 1.17 bits per heavy atom. The second-order valence-electron chi connectivity index (χ2n) is 5.94. The van der Waals surface area contributed by atoms with E-state index in [-0.39, 0.29) is 19.2 Å². The van der Waals surface area contributed by atoms with Crippen molar-refractivity contribution >= 4 is 5.91 Å². The maximum Gasteiger partial charge on any atom is 0.251 e. The zero-order valence-corrected chi connectivity index (χ0v) is 12.5. The first-order valence-corrected chi connectivity index (χ1v) is 7.64. The molecule has 4 rings (SSSR count). The summed E-state index contributed by atoms with van der Waals surface area (Å²) < 4.78 is 10.5. The van der Waals surface area contributed by atoms with E-state index in [0.717, 1.165) is 17.5 Å². The van der Waals surface area contributed by atoms with Crippen molar-refractivity contribution in [2.24, 2.45) is 0 Å². The normalized spacial score (nSPS) is 21.1. The average molecular weight is 311 g/mol. The van der Waals surface area contributed by atoms with Crippen molar-refractivity contribution in [1.29, 1.82) is 0 Å². The quantitative estimate of drug-likeness (QED) is 0.909. The van der Waals surface area contributed by atoms with Crippen LogP contribution in [0.5, 0.6) is 11.5 Å². The molecule has 1 unspecified atom stereocenters. The van der Waals surface area contributed by atoms with Gasteiger partial charge in [0.2, 0.25) is 6.79 Å². The van der Waals surface area contributed by atoms with Gasteiger partial charge >= 0.3 is 0 Å². The molecule has 5 heteroatoms. The maximum atomic E-state index is 12.3. The lowest BCUT2D eigenvalue weighted by Crippen LogP contribution is -2.39. The fourth-order valence-electron chi connectivity index (χ4n) is 3.22. The molecule has 1 atom stereocenters. The van der Waals surface area contributed by atoms with Crippen LogP contribution in [-0.4, -0.2) is 24.4 Å². The van der Waals surface area contributed by atoms with Crippen LogP contribution in [0.4, 0.5) is 0 Å². The Labute approximate surface area is 133 Å². The molecule has 0 saturated heterocycles. The molecule has 118 valence electrons. The van der Waals surface area contributed by atoms with Gasteiger partial charge in [-0.1, -0.05) is 24.3 Å². The second-order valence-corrected chi connectivity index (χ2v) is 5.94. The monoisotopic (exact) mass is 311 g/mol. The van der Waals surface area contributed by atoms with Crippen molar-refractivity contribution in [2.45, 2.75) is 18.4 Å². The summed E-state index contributed by atoms with van der Waals surface area (Å²) in [6.45, 7) is 0.369. The summed E-state index contributed by atoms with van der Waals surface area (Å²) in [6.07, 6.45) is 1.44. The SMILES string of the molecule is O=C(NCC1(O)CCc2ccccc21)c1ccc2c(c1)OCO2. The summed E-state index contributed by atoms with van der Waals surface area (Å²) in [5.41, 5.74) is 1.55. The highest BCUT2D eigenvalue weighted by Crippen LogP contribution is 2.36. The van der Waals surface area contributed by atoms with E-state index in [4.69, 9.17) is 9.47 Å². The van der Waals surface area contributed by atoms with Gasteiger partial charge in [0.05, 0.1) is 6.54 Å². The fraction of sp³-hybridized carbons (Fsp3) is 0.278. The van der Waals surface area contributed by atoms with E-state index in [9.17, 15) is 9.90 Å². The summed E-state index contributed by atoms with van der Waals surface area (Å²) in [4.78, 5) is 12.3. The summed E-state index contributed by atoms with van der Waals surface area (Å²) >= 11 is 0. The summed E-state index contributed by atoms with van der Waals surface area (Å²) in [6, 6.07) is 12.9. The topological polar surface area (TPSA) is 67.8 Å². The van der Waals surface area contributed by atoms with Crippen molar-refractivity contribution in [3.05, 3.63) is 59.2 Å². The molecule has 1 aliphatic carbocycles. The molecule has 0 bridgehead atoms. The molecule has 2 aromatic carbocycles. The molecular formula is C18H17NO4. The predicted octanol–water partition coefficient (Wildman–Crippen LogP) is 1.98. The predicted molar refractivity (Wildman–Crippen MR) is 83.6 cm³/mol. The van der Waals surface area contributed by atoms with Gasteiger partial charge in [-0.3, -0.25) is 4.79 Å². The van der Waals surface area contributed by atoms with Crippen LogP contribution in [0.25, 0.3) is 0 Å². The number of aliphatic hydroxyl groups is 1. The van der Waals surface area contributed by atoms with E-state index in [1.54, 1.807) is 18.2 Å². The molecule has 1 heterocycles. The van der Waals surface area contributed by atoms with Crippen LogP contribution in [0.15, 0.2) is 42.5 Å². The Kier molecular flexibility index (Phi) is 3.23. The van der Waals surface area contributed by atoms with Crippen LogP contribution < -0.4 is 14.8 Å². The minimum atomic E-state index is -0.997. The first kappa shape index (κ1) is 14.1. The van der Waals surface area contributed by atoms with Gasteiger partial charge in [0.1, 0.15) is 5.60 Å². The van der Waals surface area contributed by atoms with E-state index < -0.39 is 5.60 Å². The van der Waals surface area contributed by atoms with Gasteiger partial charge in [0.15, 0.2) is 11.5 Å². The number of benzene rings is 2. The van der Waals surface area contributed by atoms with Gasteiger partial charge in [0, 0.05) is 5.56 Å². The Morgan fingerprint density at radius 3 is 2.91 bits per heavy atom. The number of carbonyl (C=O) groups excluding carboxylic acids is 1. The van der Waals surface area contributed by atoms with E-state index >= 15 is 0 Å². The van der Waals surface area contributed by atoms with Gasteiger partial charge < -0.3 is 19.9 Å². The lowest BCUT2D eigenvalue weighted by molar-refractivity contribution is 0.0369. The summed E-state index contributed by atoms with van der Waals surface area (Å²) in [7, 11) is 0. The zero-order valence-electron chi connectivity index (χ0n) is 12.5. The van der Waals surface area contributed by atoms with E-state index in [2.05, 4.69) is 5.32 Å². The van der Waals surface area contributed by atoms with Crippen LogP contribution in [0.3, 0.4) is 0 Å². The molecule has 1 aliphatic heterocycles. The van der Waals surface area contributed by atoms with Gasteiger partial charge in [0.25, 0.3) is 5.91 Å². The smallest absolute Gasteiger partial charge is 0.251 e. The molecule has 0 radical (unpaired) electrons. The number of carbonyl (C=O) groups is 1. The van der Waals surface area contributed by atoms with Crippen LogP contribution >= 0.6 is 0 Å². The zero-order chi connectivity index (χ0) is 15.9. The summed E-state index contributed by atoms with van der Waals surface area (Å²) in [5, 5.41) is 13.7. The minimum Gasteiger partial charge on any atom is -0.454 e. The highest BCUT2D eigenvalue weighted by molar-refractivity contribution is 5.95.